The van der Waals surface area contributed by atoms with Gasteiger partial charge in [-0.25, -0.2) is 0 Å². The summed E-state index contributed by atoms with van der Waals surface area (Å²) in [6, 6.07) is 0. The molecule has 2 rings (SSSR count). The van der Waals surface area contributed by atoms with Gasteiger partial charge in [0, 0.05) is 0 Å². The number of hydrogen-bond donors (Lipinski definition) is 0. The summed E-state index contributed by atoms with van der Waals surface area (Å²) in [5, 5.41) is 0. The Labute approximate surface area is 140 Å². The minimum absolute atomic E-state index is 0.518. The van der Waals surface area contributed by atoms with Gasteiger partial charge >= 0.3 is 0 Å². The Balaban J connectivity index is 0.00000102. The second-order valence-corrected chi connectivity index (χ2v) is 7.04. The highest BCUT2D eigenvalue weighted by Gasteiger charge is 2.38. The molecule has 0 radical (unpaired) electrons. The lowest BCUT2D eigenvalue weighted by Crippen LogP contribution is -2.35. The Morgan fingerprint density at radius 1 is 1.00 bits per heavy atom. The minimum atomic E-state index is 0.518. The van der Waals surface area contributed by atoms with Crippen molar-refractivity contribution in [3.05, 3.63) is 36.5 Å². The molecule has 0 fully saturated rings. The third kappa shape index (κ3) is 5.78. The fourth-order valence-corrected chi connectivity index (χ4v) is 3.99. The fraction of sp³-hybridized carbons (Fsp3) is 0.727. The van der Waals surface area contributed by atoms with Crippen LogP contribution >= 0.6 is 0 Å². The zero-order valence-corrected chi connectivity index (χ0v) is 16.2. The van der Waals surface area contributed by atoms with E-state index >= 15 is 0 Å². The Morgan fingerprint density at radius 2 is 1.50 bits per heavy atom. The van der Waals surface area contributed by atoms with Crippen LogP contribution in [0, 0.1) is 17.3 Å². The van der Waals surface area contributed by atoms with Gasteiger partial charge in [0.05, 0.1) is 0 Å². The Kier molecular flexibility index (Phi) is 10.5. The molecular formula is C22H40. The SMILES string of the molecule is C=C.CC.CCC1=CCCC(C(C)(C)C2CCC=C(C)C2)C1. The van der Waals surface area contributed by atoms with Crippen LogP contribution in [0.5, 0.6) is 0 Å². The van der Waals surface area contributed by atoms with E-state index in [1.54, 1.807) is 11.1 Å². The average molecular weight is 305 g/mol. The van der Waals surface area contributed by atoms with Crippen LogP contribution in [-0.2, 0) is 0 Å². The average Bonchev–Trinajstić information content (AvgIpc) is 2.58. The summed E-state index contributed by atoms with van der Waals surface area (Å²) >= 11 is 0. The summed E-state index contributed by atoms with van der Waals surface area (Å²) in [6.45, 7) is 19.7. The maximum atomic E-state index is 3.00. The van der Waals surface area contributed by atoms with Crippen molar-refractivity contribution in [3.8, 4) is 0 Å². The van der Waals surface area contributed by atoms with E-state index < -0.39 is 0 Å². The first-order valence-corrected chi connectivity index (χ1v) is 9.37. The number of allylic oxidation sites excluding steroid dienone is 4. The molecule has 2 aliphatic rings. The zero-order chi connectivity index (χ0) is 17.2. The van der Waals surface area contributed by atoms with E-state index in [2.05, 4.69) is 53.0 Å². The maximum absolute atomic E-state index is 3.00. The van der Waals surface area contributed by atoms with Crippen molar-refractivity contribution >= 4 is 0 Å². The molecule has 0 heterocycles. The Morgan fingerprint density at radius 3 is 2.00 bits per heavy atom. The third-order valence-corrected chi connectivity index (χ3v) is 5.59. The van der Waals surface area contributed by atoms with Gasteiger partial charge in [0.1, 0.15) is 0 Å². The molecule has 2 unspecified atom stereocenters. The minimum Gasteiger partial charge on any atom is -0.106 e. The van der Waals surface area contributed by atoms with E-state index in [0.717, 1.165) is 11.8 Å². The van der Waals surface area contributed by atoms with Crippen molar-refractivity contribution in [2.24, 2.45) is 17.3 Å². The van der Waals surface area contributed by atoms with Crippen molar-refractivity contribution in [1.82, 2.24) is 0 Å². The van der Waals surface area contributed by atoms with Gasteiger partial charge < -0.3 is 0 Å². The van der Waals surface area contributed by atoms with E-state index in [9.17, 15) is 0 Å². The van der Waals surface area contributed by atoms with Crippen LogP contribution in [0.2, 0.25) is 0 Å². The van der Waals surface area contributed by atoms with E-state index in [-0.39, 0.29) is 0 Å². The van der Waals surface area contributed by atoms with E-state index in [4.69, 9.17) is 0 Å². The molecule has 0 aromatic carbocycles. The van der Waals surface area contributed by atoms with Crippen LogP contribution in [0.4, 0.5) is 0 Å². The lowest BCUT2D eigenvalue weighted by atomic mass is 9.61. The smallest absolute Gasteiger partial charge is 0.0287 e. The summed E-state index contributed by atoms with van der Waals surface area (Å²) in [6.07, 6.45) is 14.4. The van der Waals surface area contributed by atoms with E-state index in [1.807, 2.05) is 13.8 Å². The molecule has 0 aliphatic heterocycles. The number of rotatable bonds is 3. The van der Waals surface area contributed by atoms with Crippen LogP contribution in [0.1, 0.15) is 86.5 Å². The molecule has 0 amide bonds. The monoisotopic (exact) mass is 304 g/mol. The summed E-state index contributed by atoms with van der Waals surface area (Å²) in [5.41, 5.74) is 3.85. The van der Waals surface area contributed by atoms with E-state index in [0.29, 0.717) is 5.41 Å². The van der Waals surface area contributed by atoms with Gasteiger partial charge in [0.15, 0.2) is 0 Å². The molecule has 0 saturated heterocycles. The molecule has 2 atom stereocenters. The second kappa shape index (κ2) is 10.9. The molecule has 22 heavy (non-hydrogen) atoms. The van der Waals surface area contributed by atoms with Gasteiger partial charge in [-0.15, -0.1) is 13.2 Å². The lowest BCUT2D eigenvalue weighted by molar-refractivity contribution is 0.0921. The van der Waals surface area contributed by atoms with Crippen molar-refractivity contribution in [3.63, 3.8) is 0 Å². The largest absolute Gasteiger partial charge is 0.106 e. The first-order chi connectivity index (χ1) is 10.5. The third-order valence-electron chi connectivity index (χ3n) is 5.59. The summed E-state index contributed by atoms with van der Waals surface area (Å²) < 4.78 is 0. The first kappa shape index (κ1) is 21.2. The summed E-state index contributed by atoms with van der Waals surface area (Å²) in [7, 11) is 0. The van der Waals surface area contributed by atoms with Crippen molar-refractivity contribution in [1.29, 1.82) is 0 Å². The predicted octanol–water partition coefficient (Wildman–Crippen LogP) is 7.72. The normalized spacial score (nSPS) is 24.8. The van der Waals surface area contributed by atoms with Gasteiger partial charge in [-0.1, -0.05) is 57.9 Å². The molecule has 0 nitrogen and oxygen atoms in total. The molecule has 0 bridgehead atoms. The first-order valence-electron chi connectivity index (χ1n) is 9.37. The molecule has 0 heteroatoms. The van der Waals surface area contributed by atoms with Crippen molar-refractivity contribution < 1.29 is 0 Å². The van der Waals surface area contributed by atoms with Crippen molar-refractivity contribution in [2.75, 3.05) is 0 Å². The van der Waals surface area contributed by atoms with Crippen LogP contribution < -0.4 is 0 Å². The highest BCUT2D eigenvalue weighted by Crippen LogP contribution is 2.48. The molecule has 0 N–H and O–H groups in total. The fourth-order valence-electron chi connectivity index (χ4n) is 3.99. The predicted molar refractivity (Wildman–Crippen MR) is 103 cm³/mol. The second-order valence-electron chi connectivity index (χ2n) is 7.04. The van der Waals surface area contributed by atoms with Gasteiger partial charge in [0.25, 0.3) is 0 Å². The summed E-state index contributed by atoms with van der Waals surface area (Å²) in [5.74, 6) is 1.82. The van der Waals surface area contributed by atoms with Crippen LogP contribution in [-0.4, -0.2) is 0 Å². The molecule has 0 aromatic heterocycles. The van der Waals surface area contributed by atoms with Gasteiger partial charge in [-0.05, 0) is 69.1 Å². The van der Waals surface area contributed by atoms with Crippen molar-refractivity contribution in [2.45, 2.75) is 86.5 Å². The molecule has 2 aliphatic carbocycles. The molecular weight excluding hydrogens is 264 g/mol. The zero-order valence-electron chi connectivity index (χ0n) is 16.2. The molecule has 128 valence electrons. The summed E-state index contributed by atoms with van der Waals surface area (Å²) in [4.78, 5) is 0. The van der Waals surface area contributed by atoms with Gasteiger partial charge in [0.2, 0.25) is 0 Å². The molecule has 0 spiro atoms. The Bertz CT molecular complexity index is 356. The quantitative estimate of drug-likeness (QED) is 0.468. The molecule has 0 aromatic rings. The standard InChI is InChI=1S/C18H30.C2H6.C2H4/c1-5-15-9-7-11-17(13-15)18(3,4)16-10-6-8-14(2)12-16;2*1-2/h8-9,16-17H,5-7,10-13H2,1-4H3;1-2H3;1-2H2. The highest BCUT2D eigenvalue weighted by molar-refractivity contribution is 5.11. The number of hydrogen-bond acceptors (Lipinski definition) is 0. The lowest BCUT2D eigenvalue weighted by Gasteiger charge is -2.44. The van der Waals surface area contributed by atoms with E-state index in [1.165, 1.54) is 44.9 Å². The maximum Gasteiger partial charge on any atom is -0.0287 e. The topological polar surface area (TPSA) is 0 Å². The van der Waals surface area contributed by atoms with Crippen LogP contribution in [0.25, 0.3) is 0 Å². The van der Waals surface area contributed by atoms with Gasteiger partial charge in [-0.2, -0.15) is 0 Å². The Hall–Kier alpha value is -0.780. The van der Waals surface area contributed by atoms with Gasteiger partial charge in [-0.3, -0.25) is 0 Å². The molecule has 0 saturated carbocycles. The van der Waals surface area contributed by atoms with Crippen LogP contribution in [0.3, 0.4) is 0 Å². The highest BCUT2D eigenvalue weighted by atomic mass is 14.4. The van der Waals surface area contributed by atoms with Crippen LogP contribution in [0.15, 0.2) is 36.5 Å².